The standard InChI is InChI=1S/C17H21N3O/c1-13-5-4-7-15(9-13)21-16-11-19-17(20-12-16)10-14-6-2-3-8-18-14/h4-5,7,9,11-12,14,18H,2-3,6,8,10H2,1H3. The first-order chi connectivity index (χ1) is 10.3. The molecule has 1 aliphatic rings. The van der Waals surface area contributed by atoms with Gasteiger partial charge in [0, 0.05) is 12.5 Å². The Labute approximate surface area is 125 Å². The first-order valence-electron chi connectivity index (χ1n) is 7.58. The van der Waals surface area contributed by atoms with Crippen molar-refractivity contribution in [2.24, 2.45) is 0 Å². The van der Waals surface area contributed by atoms with Crippen LogP contribution in [0.5, 0.6) is 11.5 Å². The summed E-state index contributed by atoms with van der Waals surface area (Å²) in [7, 11) is 0. The van der Waals surface area contributed by atoms with Gasteiger partial charge in [0.05, 0.1) is 12.4 Å². The topological polar surface area (TPSA) is 47.0 Å². The molecule has 0 amide bonds. The summed E-state index contributed by atoms with van der Waals surface area (Å²) in [6, 6.07) is 8.48. The van der Waals surface area contributed by atoms with Crippen LogP contribution in [0.3, 0.4) is 0 Å². The lowest BCUT2D eigenvalue weighted by molar-refractivity contribution is 0.393. The van der Waals surface area contributed by atoms with Crippen LogP contribution in [0.25, 0.3) is 0 Å². The maximum atomic E-state index is 5.76. The number of nitrogens with zero attached hydrogens (tertiary/aromatic N) is 2. The highest BCUT2D eigenvalue weighted by Crippen LogP contribution is 2.21. The molecule has 0 spiro atoms. The molecule has 0 bridgehead atoms. The van der Waals surface area contributed by atoms with Gasteiger partial charge in [-0.15, -0.1) is 0 Å². The number of aromatic nitrogens is 2. The highest BCUT2D eigenvalue weighted by molar-refractivity contribution is 5.31. The Bertz CT molecular complexity index is 577. The number of hydrogen-bond donors (Lipinski definition) is 1. The van der Waals surface area contributed by atoms with E-state index in [1.54, 1.807) is 12.4 Å². The second-order valence-electron chi connectivity index (χ2n) is 5.60. The Morgan fingerprint density at radius 2 is 2.05 bits per heavy atom. The molecule has 1 saturated heterocycles. The molecular formula is C17H21N3O. The molecule has 0 saturated carbocycles. The van der Waals surface area contributed by atoms with Crippen molar-refractivity contribution in [3.05, 3.63) is 48.0 Å². The van der Waals surface area contributed by atoms with Crippen LogP contribution in [0.4, 0.5) is 0 Å². The van der Waals surface area contributed by atoms with Gasteiger partial charge in [0.25, 0.3) is 0 Å². The maximum absolute atomic E-state index is 5.76. The molecule has 110 valence electrons. The minimum absolute atomic E-state index is 0.516. The Morgan fingerprint density at radius 1 is 1.19 bits per heavy atom. The maximum Gasteiger partial charge on any atom is 0.164 e. The van der Waals surface area contributed by atoms with Gasteiger partial charge in [-0.1, -0.05) is 18.6 Å². The smallest absolute Gasteiger partial charge is 0.164 e. The van der Waals surface area contributed by atoms with E-state index < -0.39 is 0 Å². The molecule has 1 aromatic carbocycles. The fourth-order valence-corrected chi connectivity index (χ4v) is 2.63. The van der Waals surface area contributed by atoms with E-state index in [2.05, 4.69) is 15.3 Å². The number of rotatable bonds is 4. The van der Waals surface area contributed by atoms with Crippen LogP contribution in [0.2, 0.25) is 0 Å². The molecular weight excluding hydrogens is 262 g/mol. The summed E-state index contributed by atoms with van der Waals surface area (Å²) in [5.74, 6) is 2.38. The fourth-order valence-electron chi connectivity index (χ4n) is 2.63. The van der Waals surface area contributed by atoms with Gasteiger partial charge in [-0.3, -0.25) is 0 Å². The van der Waals surface area contributed by atoms with Crippen molar-refractivity contribution in [3.63, 3.8) is 0 Å². The summed E-state index contributed by atoms with van der Waals surface area (Å²) in [6.45, 7) is 3.16. The van der Waals surface area contributed by atoms with E-state index in [0.29, 0.717) is 11.8 Å². The van der Waals surface area contributed by atoms with E-state index in [4.69, 9.17) is 4.74 Å². The first kappa shape index (κ1) is 14.0. The van der Waals surface area contributed by atoms with Gasteiger partial charge < -0.3 is 10.1 Å². The summed E-state index contributed by atoms with van der Waals surface area (Å²) < 4.78 is 5.76. The van der Waals surface area contributed by atoms with E-state index in [1.807, 2.05) is 31.2 Å². The summed E-state index contributed by atoms with van der Waals surface area (Å²) in [4.78, 5) is 8.83. The lowest BCUT2D eigenvalue weighted by atomic mass is 10.0. The number of hydrogen-bond acceptors (Lipinski definition) is 4. The third-order valence-corrected chi connectivity index (χ3v) is 3.75. The number of benzene rings is 1. The first-order valence-corrected chi connectivity index (χ1v) is 7.58. The largest absolute Gasteiger partial charge is 0.454 e. The molecule has 2 heterocycles. The average molecular weight is 283 g/mol. The van der Waals surface area contributed by atoms with Crippen molar-refractivity contribution in [3.8, 4) is 11.5 Å². The number of aryl methyl sites for hydroxylation is 1. The lowest BCUT2D eigenvalue weighted by Crippen LogP contribution is -2.36. The van der Waals surface area contributed by atoms with Gasteiger partial charge in [-0.05, 0) is 44.0 Å². The fraction of sp³-hybridized carbons (Fsp3) is 0.412. The van der Waals surface area contributed by atoms with E-state index in [9.17, 15) is 0 Å². The van der Waals surface area contributed by atoms with Crippen molar-refractivity contribution in [1.29, 1.82) is 0 Å². The van der Waals surface area contributed by atoms with Crippen LogP contribution in [0.1, 0.15) is 30.7 Å². The SMILES string of the molecule is Cc1cccc(Oc2cnc(CC3CCCCN3)nc2)c1. The Balaban J connectivity index is 1.61. The molecule has 0 radical (unpaired) electrons. The Kier molecular flexibility index (Phi) is 4.46. The van der Waals surface area contributed by atoms with Gasteiger partial charge in [0.15, 0.2) is 5.75 Å². The molecule has 0 aliphatic carbocycles. The second-order valence-corrected chi connectivity index (χ2v) is 5.60. The summed E-state index contributed by atoms with van der Waals surface area (Å²) in [6.07, 6.45) is 8.20. The van der Waals surface area contributed by atoms with Crippen LogP contribution in [0.15, 0.2) is 36.7 Å². The van der Waals surface area contributed by atoms with Crippen molar-refractivity contribution < 1.29 is 4.74 Å². The summed E-state index contributed by atoms with van der Waals surface area (Å²) in [5, 5.41) is 3.52. The molecule has 2 aromatic rings. The van der Waals surface area contributed by atoms with Crippen molar-refractivity contribution >= 4 is 0 Å². The van der Waals surface area contributed by atoms with E-state index >= 15 is 0 Å². The summed E-state index contributed by atoms with van der Waals surface area (Å²) >= 11 is 0. The minimum Gasteiger partial charge on any atom is -0.454 e. The van der Waals surface area contributed by atoms with Crippen LogP contribution >= 0.6 is 0 Å². The Morgan fingerprint density at radius 3 is 2.76 bits per heavy atom. The summed E-state index contributed by atoms with van der Waals surface area (Å²) in [5.41, 5.74) is 1.17. The zero-order chi connectivity index (χ0) is 14.5. The van der Waals surface area contributed by atoms with Gasteiger partial charge in [0.2, 0.25) is 0 Å². The number of nitrogens with one attached hydrogen (secondary N) is 1. The zero-order valence-electron chi connectivity index (χ0n) is 12.4. The third kappa shape index (κ3) is 4.02. The zero-order valence-corrected chi connectivity index (χ0v) is 12.4. The van der Waals surface area contributed by atoms with Crippen LogP contribution in [-0.2, 0) is 6.42 Å². The van der Waals surface area contributed by atoms with Crippen LogP contribution in [-0.4, -0.2) is 22.6 Å². The molecule has 1 atom stereocenters. The highest BCUT2D eigenvalue weighted by atomic mass is 16.5. The van der Waals surface area contributed by atoms with Crippen LogP contribution in [0, 0.1) is 6.92 Å². The van der Waals surface area contributed by atoms with E-state index in [0.717, 1.165) is 24.5 Å². The van der Waals surface area contributed by atoms with Gasteiger partial charge in [-0.2, -0.15) is 0 Å². The third-order valence-electron chi connectivity index (χ3n) is 3.75. The van der Waals surface area contributed by atoms with E-state index in [1.165, 1.54) is 24.8 Å². The quantitative estimate of drug-likeness (QED) is 0.935. The predicted octanol–water partition coefficient (Wildman–Crippen LogP) is 3.26. The number of piperidine rings is 1. The highest BCUT2D eigenvalue weighted by Gasteiger charge is 2.14. The Hall–Kier alpha value is -1.94. The normalized spacial score (nSPS) is 18.4. The molecule has 1 aliphatic heterocycles. The number of ether oxygens (including phenoxy) is 1. The predicted molar refractivity (Wildman–Crippen MR) is 82.6 cm³/mol. The second kappa shape index (κ2) is 6.68. The van der Waals surface area contributed by atoms with Crippen molar-refractivity contribution in [2.75, 3.05) is 6.54 Å². The van der Waals surface area contributed by atoms with Crippen LogP contribution < -0.4 is 10.1 Å². The lowest BCUT2D eigenvalue weighted by Gasteiger charge is -2.22. The molecule has 1 unspecified atom stereocenters. The molecule has 4 nitrogen and oxygen atoms in total. The molecule has 1 fully saturated rings. The molecule has 3 rings (SSSR count). The van der Waals surface area contributed by atoms with Crippen molar-refractivity contribution in [1.82, 2.24) is 15.3 Å². The average Bonchev–Trinajstić information content (AvgIpc) is 2.50. The molecule has 4 heteroatoms. The molecule has 21 heavy (non-hydrogen) atoms. The van der Waals surface area contributed by atoms with Gasteiger partial charge >= 0.3 is 0 Å². The van der Waals surface area contributed by atoms with Gasteiger partial charge in [-0.25, -0.2) is 9.97 Å². The molecule has 1 N–H and O–H groups in total. The minimum atomic E-state index is 0.516. The monoisotopic (exact) mass is 283 g/mol. The molecule has 1 aromatic heterocycles. The van der Waals surface area contributed by atoms with Gasteiger partial charge in [0.1, 0.15) is 11.6 Å². The van der Waals surface area contributed by atoms with E-state index in [-0.39, 0.29) is 0 Å². The van der Waals surface area contributed by atoms with Crippen molar-refractivity contribution in [2.45, 2.75) is 38.6 Å².